The standard InChI is InChI=1S/C21H33NO5/c1-19(2,3)12-10-13(22-11-14(23)24)15(18(26)27-21(7,8)9)16(17(12)25)20(4,5)6/h10,22,25H,11H2,1-9H3,(H,23,24). The topological polar surface area (TPSA) is 95.9 Å². The summed E-state index contributed by atoms with van der Waals surface area (Å²) in [6.45, 7) is 16.4. The van der Waals surface area contributed by atoms with Gasteiger partial charge < -0.3 is 20.3 Å². The van der Waals surface area contributed by atoms with E-state index in [4.69, 9.17) is 9.84 Å². The number of phenolic OH excluding ortho intramolecular Hbond substituents is 1. The monoisotopic (exact) mass is 379 g/mol. The van der Waals surface area contributed by atoms with E-state index in [-0.39, 0.29) is 17.9 Å². The number of rotatable bonds is 4. The Hall–Kier alpha value is -2.24. The second-order valence-corrected chi connectivity index (χ2v) is 9.82. The molecule has 1 aromatic carbocycles. The zero-order valence-electron chi connectivity index (χ0n) is 17.9. The molecule has 0 fully saturated rings. The summed E-state index contributed by atoms with van der Waals surface area (Å²) < 4.78 is 5.55. The molecule has 0 spiro atoms. The van der Waals surface area contributed by atoms with Crippen LogP contribution in [-0.2, 0) is 20.4 Å². The molecule has 0 heterocycles. The van der Waals surface area contributed by atoms with Gasteiger partial charge in [-0.05, 0) is 37.7 Å². The first-order valence-corrected chi connectivity index (χ1v) is 9.05. The van der Waals surface area contributed by atoms with Crippen LogP contribution in [0.5, 0.6) is 5.75 Å². The zero-order chi connectivity index (χ0) is 21.4. The molecule has 152 valence electrons. The van der Waals surface area contributed by atoms with E-state index in [1.165, 1.54) is 0 Å². The number of hydrogen-bond donors (Lipinski definition) is 3. The number of nitrogens with one attached hydrogen (secondary N) is 1. The lowest BCUT2D eigenvalue weighted by Crippen LogP contribution is -2.29. The summed E-state index contributed by atoms with van der Waals surface area (Å²) in [6, 6.07) is 1.65. The summed E-state index contributed by atoms with van der Waals surface area (Å²) in [5, 5.41) is 22.9. The second kappa shape index (κ2) is 7.41. The first-order valence-electron chi connectivity index (χ1n) is 9.05. The Morgan fingerprint density at radius 1 is 1.00 bits per heavy atom. The van der Waals surface area contributed by atoms with Crippen molar-refractivity contribution in [2.75, 3.05) is 11.9 Å². The highest BCUT2D eigenvalue weighted by molar-refractivity contribution is 5.99. The third-order valence-electron chi connectivity index (χ3n) is 3.89. The number of carboxylic acids is 1. The van der Waals surface area contributed by atoms with E-state index in [1.54, 1.807) is 26.8 Å². The van der Waals surface area contributed by atoms with Crippen LogP contribution in [0.2, 0.25) is 0 Å². The molecule has 1 rings (SSSR count). The van der Waals surface area contributed by atoms with Crippen LogP contribution in [0.15, 0.2) is 6.07 Å². The smallest absolute Gasteiger partial charge is 0.341 e. The first kappa shape index (κ1) is 22.8. The molecule has 27 heavy (non-hydrogen) atoms. The van der Waals surface area contributed by atoms with Crippen LogP contribution >= 0.6 is 0 Å². The number of carbonyl (C=O) groups is 2. The van der Waals surface area contributed by atoms with Gasteiger partial charge >= 0.3 is 11.9 Å². The van der Waals surface area contributed by atoms with Gasteiger partial charge in [0.05, 0.1) is 11.3 Å². The highest BCUT2D eigenvalue weighted by atomic mass is 16.6. The minimum atomic E-state index is -1.05. The third kappa shape index (κ3) is 5.88. The molecule has 1 aromatic rings. The summed E-state index contributed by atoms with van der Waals surface area (Å²) in [6.07, 6.45) is 0. The van der Waals surface area contributed by atoms with Crippen LogP contribution in [0.1, 0.15) is 83.8 Å². The number of esters is 1. The molecule has 0 bridgehead atoms. The predicted molar refractivity (Wildman–Crippen MR) is 107 cm³/mol. The normalized spacial score (nSPS) is 12.6. The molecule has 0 saturated heterocycles. The van der Waals surface area contributed by atoms with Gasteiger partial charge in [-0.15, -0.1) is 0 Å². The molecule has 3 N–H and O–H groups in total. The Morgan fingerprint density at radius 3 is 1.89 bits per heavy atom. The number of anilines is 1. The second-order valence-electron chi connectivity index (χ2n) is 9.82. The van der Waals surface area contributed by atoms with E-state index in [0.29, 0.717) is 16.8 Å². The van der Waals surface area contributed by atoms with Gasteiger partial charge in [0.2, 0.25) is 0 Å². The molecule has 0 aromatic heterocycles. The van der Waals surface area contributed by atoms with E-state index in [2.05, 4.69) is 5.32 Å². The quantitative estimate of drug-likeness (QED) is 0.529. The Kier molecular flexibility index (Phi) is 6.26. The summed E-state index contributed by atoms with van der Waals surface area (Å²) >= 11 is 0. The Bertz CT molecular complexity index is 731. The molecule has 0 radical (unpaired) electrons. The van der Waals surface area contributed by atoms with E-state index in [9.17, 15) is 14.7 Å². The number of phenols is 1. The predicted octanol–water partition coefficient (Wildman–Crippen LogP) is 4.44. The minimum absolute atomic E-state index is 0.0386. The van der Waals surface area contributed by atoms with Gasteiger partial charge in [-0.2, -0.15) is 0 Å². The van der Waals surface area contributed by atoms with Crippen LogP contribution < -0.4 is 5.32 Å². The van der Waals surface area contributed by atoms with Crippen molar-refractivity contribution in [3.05, 3.63) is 22.8 Å². The van der Waals surface area contributed by atoms with Gasteiger partial charge in [0.1, 0.15) is 17.9 Å². The number of aliphatic carboxylic acids is 1. The van der Waals surface area contributed by atoms with E-state index in [1.807, 2.05) is 41.5 Å². The SMILES string of the molecule is CC(C)(C)OC(=O)c1c(NCC(=O)O)cc(C(C)(C)C)c(O)c1C(C)(C)C. The maximum atomic E-state index is 13.0. The van der Waals surface area contributed by atoms with Gasteiger partial charge in [-0.1, -0.05) is 41.5 Å². The molecule has 6 nitrogen and oxygen atoms in total. The lowest BCUT2D eigenvalue weighted by molar-refractivity contribution is -0.134. The average Bonchev–Trinajstić information content (AvgIpc) is 2.40. The molecule has 6 heteroatoms. The number of carbonyl (C=O) groups excluding carboxylic acids is 1. The van der Waals surface area contributed by atoms with E-state index < -0.39 is 28.4 Å². The van der Waals surface area contributed by atoms with Crippen molar-refractivity contribution in [1.29, 1.82) is 0 Å². The average molecular weight is 379 g/mol. The van der Waals surface area contributed by atoms with Gasteiger partial charge in [-0.25, -0.2) is 4.79 Å². The summed E-state index contributed by atoms with van der Waals surface area (Å²) in [7, 11) is 0. The number of ether oxygens (including phenoxy) is 1. The van der Waals surface area contributed by atoms with Gasteiger partial charge in [0.25, 0.3) is 0 Å². The molecule has 0 saturated carbocycles. The Labute approximate surface area is 161 Å². The zero-order valence-corrected chi connectivity index (χ0v) is 17.9. The van der Waals surface area contributed by atoms with Crippen LogP contribution in [0.25, 0.3) is 0 Å². The van der Waals surface area contributed by atoms with Crippen molar-refractivity contribution in [3.8, 4) is 5.75 Å². The molecule has 0 aliphatic carbocycles. The van der Waals surface area contributed by atoms with E-state index in [0.717, 1.165) is 0 Å². The fraction of sp³-hybridized carbons (Fsp3) is 0.619. The van der Waals surface area contributed by atoms with Crippen LogP contribution in [0.3, 0.4) is 0 Å². The van der Waals surface area contributed by atoms with Crippen molar-refractivity contribution in [3.63, 3.8) is 0 Å². The number of benzene rings is 1. The van der Waals surface area contributed by atoms with Crippen LogP contribution in [0, 0.1) is 0 Å². The molecule has 0 atom stereocenters. The van der Waals surface area contributed by atoms with Gasteiger partial charge in [0.15, 0.2) is 0 Å². The van der Waals surface area contributed by atoms with Crippen molar-refractivity contribution >= 4 is 17.6 Å². The number of hydrogen-bond acceptors (Lipinski definition) is 5. The molecule has 0 unspecified atom stereocenters. The van der Waals surface area contributed by atoms with E-state index >= 15 is 0 Å². The largest absolute Gasteiger partial charge is 0.507 e. The van der Waals surface area contributed by atoms with Crippen molar-refractivity contribution in [1.82, 2.24) is 0 Å². The van der Waals surface area contributed by atoms with Gasteiger partial charge in [0, 0.05) is 11.1 Å². The van der Waals surface area contributed by atoms with Crippen molar-refractivity contribution in [2.24, 2.45) is 0 Å². The van der Waals surface area contributed by atoms with Crippen molar-refractivity contribution < 1.29 is 24.5 Å². The lowest BCUT2D eigenvalue weighted by atomic mass is 9.76. The first-order chi connectivity index (χ1) is 11.9. The Morgan fingerprint density at radius 2 is 1.52 bits per heavy atom. The molecular weight excluding hydrogens is 346 g/mol. The molecule has 0 amide bonds. The molecular formula is C21H33NO5. The Balaban J connectivity index is 3.85. The lowest BCUT2D eigenvalue weighted by Gasteiger charge is -2.31. The highest BCUT2D eigenvalue weighted by Gasteiger charge is 2.35. The third-order valence-corrected chi connectivity index (χ3v) is 3.89. The van der Waals surface area contributed by atoms with Crippen molar-refractivity contribution in [2.45, 2.75) is 78.7 Å². The van der Waals surface area contributed by atoms with Gasteiger partial charge in [-0.3, -0.25) is 4.79 Å². The fourth-order valence-corrected chi connectivity index (χ4v) is 2.83. The number of aromatic hydroxyl groups is 1. The number of carboxylic acid groups (broad SMARTS) is 1. The molecule has 0 aliphatic rings. The summed E-state index contributed by atoms with van der Waals surface area (Å²) in [4.78, 5) is 24.1. The minimum Gasteiger partial charge on any atom is -0.507 e. The summed E-state index contributed by atoms with van der Waals surface area (Å²) in [5.74, 6) is -1.61. The van der Waals surface area contributed by atoms with Crippen LogP contribution in [-0.4, -0.2) is 34.3 Å². The maximum absolute atomic E-state index is 13.0. The fourth-order valence-electron chi connectivity index (χ4n) is 2.83. The maximum Gasteiger partial charge on any atom is 0.341 e. The highest BCUT2D eigenvalue weighted by Crippen LogP contribution is 2.44. The summed E-state index contributed by atoms with van der Waals surface area (Å²) in [5.41, 5.74) is -0.115. The molecule has 0 aliphatic heterocycles. The van der Waals surface area contributed by atoms with Crippen LogP contribution in [0.4, 0.5) is 5.69 Å².